The summed E-state index contributed by atoms with van der Waals surface area (Å²) in [7, 11) is -1.32. The summed E-state index contributed by atoms with van der Waals surface area (Å²) in [5.41, 5.74) is 0.590. The van der Waals surface area contributed by atoms with Crippen molar-refractivity contribution in [3.05, 3.63) is 34.1 Å². The second-order valence-electron chi connectivity index (χ2n) is 3.71. The fraction of sp³-hybridized carbons (Fsp3) is 0.364. The first-order valence-corrected chi connectivity index (χ1v) is 7.10. The Balaban J connectivity index is 2.70. The van der Waals surface area contributed by atoms with Gasteiger partial charge in [0.25, 0.3) is 0 Å². The summed E-state index contributed by atoms with van der Waals surface area (Å²) in [6, 6.07) is 4.29. The Morgan fingerprint density at radius 2 is 2.18 bits per heavy atom. The number of benzene rings is 1. The van der Waals surface area contributed by atoms with Gasteiger partial charge in [-0.1, -0.05) is 22.9 Å². The van der Waals surface area contributed by atoms with Gasteiger partial charge in [-0.3, -0.25) is 9.00 Å². The Kier molecular flexibility index (Phi) is 5.27. The van der Waals surface area contributed by atoms with Crippen molar-refractivity contribution < 1.29 is 18.5 Å². The molecule has 0 amide bonds. The Morgan fingerprint density at radius 3 is 2.71 bits per heavy atom. The predicted molar refractivity (Wildman–Crippen MR) is 67.7 cm³/mol. The van der Waals surface area contributed by atoms with Crippen LogP contribution in [-0.4, -0.2) is 20.5 Å². The van der Waals surface area contributed by atoms with E-state index in [0.29, 0.717) is 10.0 Å². The zero-order chi connectivity index (χ0) is 13.0. The van der Waals surface area contributed by atoms with Crippen molar-refractivity contribution in [2.75, 3.05) is 0 Å². The average molecular weight is 323 g/mol. The summed E-state index contributed by atoms with van der Waals surface area (Å²) in [6.45, 7) is 1.61. The van der Waals surface area contributed by atoms with E-state index in [9.17, 15) is 13.4 Å². The van der Waals surface area contributed by atoms with E-state index in [4.69, 9.17) is 5.11 Å². The molecule has 0 radical (unpaired) electrons. The van der Waals surface area contributed by atoms with Crippen molar-refractivity contribution in [3.63, 3.8) is 0 Å². The average Bonchev–Trinajstić information content (AvgIpc) is 2.14. The minimum Gasteiger partial charge on any atom is -0.481 e. The molecule has 0 aliphatic rings. The lowest BCUT2D eigenvalue weighted by Gasteiger charge is -2.09. The summed E-state index contributed by atoms with van der Waals surface area (Å²) < 4.78 is 25.4. The van der Waals surface area contributed by atoms with Crippen LogP contribution in [0, 0.1) is 5.82 Å². The van der Waals surface area contributed by atoms with Crippen LogP contribution in [0.15, 0.2) is 22.7 Å². The van der Waals surface area contributed by atoms with Gasteiger partial charge in [-0.2, -0.15) is 0 Å². The van der Waals surface area contributed by atoms with Crippen LogP contribution in [0.1, 0.15) is 18.9 Å². The molecule has 0 spiro atoms. The molecule has 2 unspecified atom stereocenters. The van der Waals surface area contributed by atoms with E-state index in [1.165, 1.54) is 12.1 Å². The third-order valence-corrected chi connectivity index (χ3v) is 4.28. The number of hydrogen-bond acceptors (Lipinski definition) is 2. The standard InChI is InChI=1S/C11H12BrFO3S/c1-7(2-11(14)15)17(16)6-8-3-9(12)5-10(13)4-8/h3-5,7H,2,6H2,1H3,(H,14,15). The lowest BCUT2D eigenvalue weighted by molar-refractivity contribution is -0.136. The monoisotopic (exact) mass is 322 g/mol. The minimum absolute atomic E-state index is 0.150. The summed E-state index contributed by atoms with van der Waals surface area (Å²) in [4.78, 5) is 10.5. The van der Waals surface area contributed by atoms with Crippen molar-refractivity contribution in [2.24, 2.45) is 0 Å². The van der Waals surface area contributed by atoms with Crippen LogP contribution in [0.3, 0.4) is 0 Å². The van der Waals surface area contributed by atoms with Gasteiger partial charge in [0, 0.05) is 26.3 Å². The van der Waals surface area contributed by atoms with E-state index in [1.807, 2.05) is 0 Å². The quantitative estimate of drug-likeness (QED) is 0.906. The third-order valence-electron chi connectivity index (χ3n) is 2.14. The smallest absolute Gasteiger partial charge is 0.304 e. The van der Waals surface area contributed by atoms with Crippen LogP contribution in [0.2, 0.25) is 0 Å². The Labute approximate surface area is 110 Å². The normalized spacial score (nSPS) is 14.3. The lowest BCUT2D eigenvalue weighted by atomic mass is 10.2. The first kappa shape index (κ1) is 14.3. The van der Waals surface area contributed by atoms with Crippen molar-refractivity contribution in [1.82, 2.24) is 0 Å². The summed E-state index contributed by atoms with van der Waals surface area (Å²) >= 11 is 3.15. The highest BCUT2D eigenvalue weighted by Crippen LogP contribution is 2.17. The first-order chi connectivity index (χ1) is 7.88. The number of hydrogen-bond donors (Lipinski definition) is 1. The molecule has 1 N–H and O–H groups in total. The maximum atomic E-state index is 13.1. The molecule has 1 aromatic carbocycles. The number of rotatable bonds is 5. The largest absolute Gasteiger partial charge is 0.481 e. The van der Waals surface area contributed by atoms with Gasteiger partial charge in [0.15, 0.2) is 0 Å². The number of carbonyl (C=O) groups is 1. The van der Waals surface area contributed by atoms with Crippen LogP contribution >= 0.6 is 15.9 Å². The number of carboxylic acid groups (broad SMARTS) is 1. The van der Waals surface area contributed by atoms with Crippen LogP contribution < -0.4 is 0 Å². The van der Waals surface area contributed by atoms with E-state index in [0.717, 1.165) is 0 Å². The van der Waals surface area contributed by atoms with Crippen LogP contribution in [0.4, 0.5) is 4.39 Å². The van der Waals surface area contributed by atoms with Gasteiger partial charge in [0.05, 0.1) is 6.42 Å². The van der Waals surface area contributed by atoms with Gasteiger partial charge < -0.3 is 5.11 Å². The second kappa shape index (κ2) is 6.26. The maximum Gasteiger partial charge on any atom is 0.304 e. The topological polar surface area (TPSA) is 54.4 Å². The van der Waals surface area contributed by atoms with Gasteiger partial charge in [-0.25, -0.2) is 4.39 Å². The highest BCUT2D eigenvalue weighted by atomic mass is 79.9. The molecule has 0 aliphatic carbocycles. The minimum atomic E-state index is -1.32. The molecule has 3 nitrogen and oxygen atoms in total. The van der Waals surface area contributed by atoms with Gasteiger partial charge in [0.1, 0.15) is 5.82 Å². The van der Waals surface area contributed by atoms with Crippen molar-refractivity contribution >= 4 is 32.7 Å². The molecular weight excluding hydrogens is 311 g/mol. The van der Waals surface area contributed by atoms with Crippen molar-refractivity contribution in [1.29, 1.82) is 0 Å². The Morgan fingerprint density at radius 1 is 1.53 bits per heavy atom. The number of aliphatic carboxylic acids is 1. The molecule has 6 heteroatoms. The van der Waals surface area contributed by atoms with Crippen LogP contribution in [0.25, 0.3) is 0 Å². The first-order valence-electron chi connectivity index (χ1n) is 4.92. The summed E-state index contributed by atoms with van der Waals surface area (Å²) in [6.07, 6.45) is -0.150. The molecule has 0 saturated heterocycles. The molecule has 1 rings (SSSR count). The predicted octanol–water partition coefficient (Wildman–Crippen LogP) is 2.70. The molecule has 94 valence electrons. The summed E-state index contributed by atoms with van der Waals surface area (Å²) in [5.74, 6) is -1.23. The fourth-order valence-electron chi connectivity index (χ4n) is 1.34. The van der Waals surface area contributed by atoms with E-state index in [1.54, 1.807) is 13.0 Å². The molecule has 0 fully saturated rings. The van der Waals surface area contributed by atoms with Gasteiger partial charge in [-0.05, 0) is 23.8 Å². The van der Waals surface area contributed by atoms with E-state index in [2.05, 4.69) is 15.9 Å². The van der Waals surface area contributed by atoms with Crippen molar-refractivity contribution in [2.45, 2.75) is 24.3 Å². The zero-order valence-electron chi connectivity index (χ0n) is 9.15. The third kappa shape index (κ3) is 4.95. The molecule has 2 atom stereocenters. The molecule has 0 bridgehead atoms. The van der Waals surface area contributed by atoms with Crippen LogP contribution in [0.5, 0.6) is 0 Å². The second-order valence-corrected chi connectivity index (χ2v) is 6.48. The van der Waals surface area contributed by atoms with Gasteiger partial charge in [-0.15, -0.1) is 0 Å². The van der Waals surface area contributed by atoms with Crippen molar-refractivity contribution in [3.8, 4) is 0 Å². The highest BCUT2D eigenvalue weighted by Gasteiger charge is 2.15. The lowest BCUT2D eigenvalue weighted by Crippen LogP contribution is -2.17. The molecule has 0 aromatic heterocycles. The van der Waals surface area contributed by atoms with E-state index < -0.39 is 27.8 Å². The van der Waals surface area contributed by atoms with E-state index in [-0.39, 0.29) is 12.2 Å². The van der Waals surface area contributed by atoms with Gasteiger partial charge >= 0.3 is 5.97 Å². The highest BCUT2D eigenvalue weighted by molar-refractivity contribution is 9.10. The van der Waals surface area contributed by atoms with E-state index >= 15 is 0 Å². The molecule has 0 aliphatic heterocycles. The summed E-state index contributed by atoms with van der Waals surface area (Å²) in [5, 5.41) is 8.14. The SMILES string of the molecule is CC(CC(=O)O)S(=O)Cc1cc(F)cc(Br)c1. The maximum absolute atomic E-state index is 13.1. The van der Waals surface area contributed by atoms with Crippen LogP contribution in [-0.2, 0) is 21.3 Å². The zero-order valence-corrected chi connectivity index (χ0v) is 11.6. The fourth-order valence-corrected chi connectivity index (χ4v) is 2.96. The Hall–Kier alpha value is -0.750. The number of halogens is 2. The molecule has 1 aromatic rings. The molecule has 17 heavy (non-hydrogen) atoms. The molecule has 0 saturated carbocycles. The molecule has 0 heterocycles. The molecular formula is C11H12BrFO3S. The van der Waals surface area contributed by atoms with Gasteiger partial charge in [0.2, 0.25) is 0 Å². The number of carboxylic acids is 1. The Bertz CT molecular complexity index is 430.